The first-order valence-corrected chi connectivity index (χ1v) is 12.2. The first kappa shape index (κ1) is 21.5. The zero-order chi connectivity index (χ0) is 23.8. The Bertz CT molecular complexity index is 1500. The summed E-state index contributed by atoms with van der Waals surface area (Å²) in [7, 11) is 1.86. The van der Waals surface area contributed by atoms with Crippen molar-refractivity contribution in [3.05, 3.63) is 72.7 Å². The van der Waals surface area contributed by atoms with Gasteiger partial charge in [-0.1, -0.05) is 12.1 Å². The fourth-order valence-electron chi connectivity index (χ4n) is 4.18. The van der Waals surface area contributed by atoms with Crippen molar-refractivity contribution < 1.29 is 4.39 Å². The second kappa shape index (κ2) is 8.99. The molecular formula is C24H22FN9S. The van der Waals surface area contributed by atoms with Gasteiger partial charge in [-0.05, 0) is 30.7 Å². The van der Waals surface area contributed by atoms with E-state index in [2.05, 4.69) is 47.0 Å². The lowest BCUT2D eigenvalue weighted by Gasteiger charge is -2.07. The normalized spacial score (nSPS) is 12.7. The van der Waals surface area contributed by atoms with Crippen molar-refractivity contribution in [1.82, 2.24) is 39.1 Å². The Kier molecular flexibility index (Phi) is 5.53. The van der Waals surface area contributed by atoms with Gasteiger partial charge in [0.2, 0.25) is 5.95 Å². The number of rotatable bonds is 6. The van der Waals surface area contributed by atoms with Crippen molar-refractivity contribution in [2.24, 2.45) is 7.05 Å². The quantitative estimate of drug-likeness (QED) is 0.352. The van der Waals surface area contributed by atoms with Crippen molar-refractivity contribution >= 4 is 23.5 Å². The fourth-order valence-corrected chi connectivity index (χ4v) is 5.06. The molecule has 6 rings (SSSR count). The molecule has 0 radical (unpaired) electrons. The highest BCUT2D eigenvalue weighted by atomic mass is 32.2. The third-order valence-corrected chi connectivity index (χ3v) is 6.98. The Morgan fingerprint density at radius 1 is 1.09 bits per heavy atom. The van der Waals surface area contributed by atoms with Crippen molar-refractivity contribution in [3.8, 4) is 22.8 Å². The molecule has 0 bridgehead atoms. The SMILES string of the molecule is Cn1nccc1Nc1nccc(-c2cc3n(c2)CCCn2c(CSc4ccccc4F)nnc2-3)n1. The molecule has 0 amide bonds. The largest absolute Gasteiger partial charge is 0.344 e. The van der Waals surface area contributed by atoms with Crippen LogP contribution in [0.25, 0.3) is 22.8 Å². The Labute approximate surface area is 205 Å². The minimum atomic E-state index is -0.214. The van der Waals surface area contributed by atoms with Gasteiger partial charge in [0.1, 0.15) is 17.5 Å². The number of hydrogen-bond acceptors (Lipinski definition) is 7. The molecule has 1 N–H and O–H groups in total. The highest BCUT2D eigenvalue weighted by molar-refractivity contribution is 7.98. The third kappa shape index (κ3) is 4.18. The summed E-state index contributed by atoms with van der Waals surface area (Å²) in [6.07, 6.45) is 6.50. The van der Waals surface area contributed by atoms with Gasteiger partial charge in [0, 0.05) is 49.1 Å². The molecule has 35 heavy (non-hydrogen) atoms. The molecule has 0 atom stereocenters. The van der Waals surface area contributed by atoms with Gasteiger partial charge in [-0.15, -0.1) is 22.0 Å². The molecular weight excluding hydrogens is 465 g/mol. The Morgan fingerprint density at radius 2 is 2.00 bits per heavy atom. The molecule has 9 nitrogen and oxygen atoms in total. The summed E-state index contributed by atoms with van der Waals surface area (Å²) in [5, 5.41) is 16.3. The molecule has 176 valence electrons. The lowest BCUT2D eigenvalue weighted by atomic mass is 10.2. The molecule has 1 aromatic carbocycles. The maximum absolute atomic E-state index is 14.1. The number of benzene rings is 1. The van der Waals surface area contributed by atoms with Gasteiger partial charge in [-0.2, -0.15) is 5.10 Å². The van der Waals surface area contributed by atoms with Crippen LogP contribution < -0.4 is 5.32 Å². The van der Waals surface area contributed by atoms with Gasteiger partial charge < -0.3 is 14.5 Å². The van der Waals surface area contributed by atoms with E-state index in [-0.39, 0.29) is 5.82 Å². The van der Waals surface area contributed by atoms with Crippen LogP contribution >= 0.6 is 11.8 Å². The standard InChI is InChI=1S/C24H22FN9S/c1-32-21(8-10-27-32)29-24-26-9-7-18(28-24)16-13-19-23-31-30-22(34(23)12-4-11-33(19)14-16)15-35-20-6-3-2-5-17(20)25/h2-3,5-10,13-14H,4,11-12,15H2,1H3,(H,26,28,29). The van der Waals surface area contributed by atoms with Gasteiger partial charge in [-0.3, -0.25) is 4.68 Å². The number of hydrogen-bond donors (Lipinski definition) is 1. The van der Waals surface area contributed by atoms with Crippen LogP contribution in [0.15, 0.2) is 66.0 Å². The summed E-state index contributed by atoms with van der Waals surface area (Å²) >= 11 is 1.44. The number of fused-ring (bicyclic) bond motifs is 3. The molecule has 11 heteroatoms. The van der Waals surface area contributed by atoms with Gasteiger partial charge in [0.05, 0.1) is 23.3 Å². The molecule has 5 aromatic rings. The molecule has 4 aromatic heterocycles. The molecule has 5 heterocycles. The van der Waals surface area contributed by atoms with E-state index in [9.17, 15) is 4.39 Å². The predicted octanol–water partition coefficient (Wildman–Crippen LogP) is 4.52. The molecule has 0 saturated heterocycles. The van der Waals surface area contributed by atoms with Crippen molar-refractivity contribution in [2.45, 2.75) is 30.2 Å². The van der Waals surface area contributed by atoms with E-state index in [4.69, 9.17) is 4.98 Å². The van der Waals surface area contributed by atoms with Crippen LogP contribution in [0.4, 0.5) is 16.2 Å². The average Bonchev–Trinajstić information content (AvgIpc) is 3.56. The van der Waals surface area contributed by atoms with Crippen LogP contribution in [0.2, 0.25) is 0 Å². The fraction of sp³-hybridized carbons (Fsp3) is 0.208. The molecule has 0 spiro atoms. The van der Waals surface area contributed by atoms with Crippen molar-refractivity contribution in [3.63, 3.8) is 0 Å². The molecule has 1 aliphatic heterocycles. The van der Waals surface area contributed by atoms with Crippen LogP contribution in [-0.2, 0) is 25.9 Å². The number of thioether (sulfide) groups is 1. The summed E-state index contributed by atoms with van der Waals surface area (Å²) in [5.74, 6) is 3.31. The smallest absolute Gasteiger partial charge is 0.228 e. The van der Waals surface area contributed by atoms with Crippen LogP contribution in [0.1, 0.15) is 12.2 Å². The van der Waals surface area contributed by atoms with E-state index in [1.807, 2.05) is 25.2 Å². The number of anilines is 2. The average molecular weight is 488 g/mol. The minimum Gasteiger partial charge on any atom is -0.344 e. The van der Waals surface area contributed by atoms with Gasteiger partial charge >= 0.3 is 0 Å². The predicted molar refractivity (Wildman–Crippen MR) is 132 cm³/mol. The van der Waals surface area contributed by atoms with Crippen molar-refractivity contribution in [2.75, 3.05) is 5.32 Å². The van der Waals surface area contributed by atoms with E-state index in [1.165, 1.54) is 17.8 Å². The Balaban J connectivity index is 1.28. The van der Waals surface area contributed by atoms with Crippen LogP contribution in [-0.4, -0.2) is 39.1 Å². The lowest BCUT2D eigenvalue weighted by Crippen LogP contribution is -2.04. The summed E-state index contributed by atoms with van der Waals surface area (Å²) in [4.78, 5) is 9.66. The van der Waals surface area contributed by atoms with E-state index >= 15 is 0 Å². The second-order valence-electron chi connectivity index (χ2n) is 8.20. The lowest BCUT2D eigenvalue weighted by molar-refractivity contribution is 0.583. The third-order valence-electron chi connectivity index (χ3n) is 5.94. The number of nitrogens with zero attached hydrogens (tertiary/aromatic N) is 8. The van der Waals surface area contributed by atoms with Crippen LogP contribution in [0, 0.1) is 5.82 Å². The van der Waals surface area contributed by atoms with E-state index in [0.29, 0.717) is 16.6 Å². The van der Waals surface area contributed by atoms with Crippen LogP contribution in [0.3, 0.4) is 0 Å². The Morgan fingerprint density at radius 3 is 2.86 bits per heavy atom. The topological polar surface area (TPSA) is 91.3 Å². The zero-order valence-corrected chi connectivity index (χ0v) is 19.8. The summed E-state index contributed by atoms with van der Waals surface area (Å²) in [5.41, 5.74) is 2.78. The van der Waals surface area contributed by atoms with E-state index in [0.717, 1.165) is 53.9 Å². The number of aryl methyl sites for hydroxylation is 2. The van der Waals surface area contributed by atoms with E-state index < -0.39 is 0 Å². The number of aromatic nitrogens is 8. The first-order chi connectivity index (χ1) is 17.2. The molecule has 0 aliphatic carbocycles. The molecule has 1 aliphatic rings. The monoisotopic (exact) mass is 487 g/mol. The van der Waals surface area contributed by atoms with Gasteiger partial charge in [0.25, 0.3) is 0 Å². The maximum atomic E-state index is 14.1. The summed E-state index contributed by atoms with van der Waals surface area (Å²) < 4.78 is 20.1. The van der Waals surface area contributed by atoms with E-state index in [1.54, 1.807) is 29.2 Å². The van der Waals surface area contributed by atoms with Crippen molar-refractivity contribution in [1.29, 1.82) is 0 Å². The minimum absolute atomic E-state index is 0.214. The van der Waals surface area contributed by atoms with Crippen LogP contribution in [0.5, 0.6) is 0 Å². The van der Waals surface area contributed by atoms with Gasteiger partial charge in [0.15, 0.2) is 5.82 Å². The second-order valence-corrected chi connectivity index (χ2v) is 9.22. The summed E-state index contributed by atoms with van der Waals surface area (Å²) in [6.45, 7) is 1.68. The van der Waals surface area contributed by atoms with Gasteiger partial charge in [-0.25, -0.2) is 14.4 Å². The first-order valence-electron chi connectivity index (χ1n) is 11.2. The molecule has 0 saturated carbocycles. The number of halogens is 1. The summed E-state index contributed by atoms with van der Waals surface area (Å²) in [6, 6.07) is 12.7. The molecule has 0 fully saturated rings. The Hall–Kier alpha value is -3.99. The zero-order valence-electron chi connectivity index (χ0n) is 19.0. The molecule has 0 unspecified atom stereocenters. The highest BCUT2D eigenvalue weighted by Crippen LogP contribution is 2.32. The number of nitrogens with one attached hydrogen (secondary N) is 1. The highest BCUT2D eigenvalue weighted by Gasteiger charge is 2.22. The maximum Gasteiger partial charge on any atom is 0.228 e.